The van der Waals surface area contributed by atoms with Crippen LogP contribution in [0.15, 0.2) is 29.6 Å². The first-order valence-corrected chi connectivity index (χ1v) is 6.78. The highest BCUT2D eigenvalue weighted by Crippen LogP contribution is 2.24. The molecule has 0 fully saturated rings. The van der Waals surface area contributed by atoms with Crippen molar-refractivity contribution in [2.24, 2.45) is 0 Å². The van der Waals surface area contributed by atoms with Crippen LogP contribution in [0.2, 0.25) is 0 Å². The van der Waals surface area contributed by atoms with Crippen LogP contribution in [0.4, 0.5) is 0 Å². The topological polar surface area (TPSA) is 12.9 Å². The second-order valence-electron chi connectivity index (χ2n) is 3.80. The van der Waals surface area contributed by atoms with E-state index in [1.807, 2.05) is 0 Å². The van der Waals surface area contributed by atoms with Crippen LogP contribution in [0, 0.1) is 6.92 Å². The lowest BCUT2D eigenvalue weighted by Crippen LogP contribution is -1.86. The minimum atomic E-state index is 0.706. The molecule has 0 spiro atoms. The predicted molar refractivity (Wildman–Crippen MR) is 71.3 cm³/mol. The van der Waals surface area contributed by atoms with Crippen molar-refractivity contribution in [1.82, 2.24) is 4.98 Å². The quantitative estimate of drug-likeness (QED) is 0.739. The number of nitrogens with zero attached hydrogens (tertiary/aromatic N) is 1. The van der Waals surface area contributed by atoms with Crippen LogP contribution in [0.5, 0.6) is 0 Å². The largest absolute Gasteiger partial charge is 0.241 e. The highest BCUT2D eigenvalue weighted by Gasteiger charge is 2.03. The molecule has 0 radical (unpaired) electrons. The molecule has 1 aromatic heterocycles. The van der Waals surface area contributed by atoms with Crippen LogP contribution in [0.25, 0.3) is 10.6 Å². The number of alkyl halides is 1. The average molecular weight is 252 g/mol. The zero-order valence-corrected chi connectivity index (χ0v) is 10.8. The molecule has 2 rings (SSSR count). The summed E-state index contributed by atoms with van der Waals surface area (Å²) in [6.45, 7) is 2.09. The average Bonchev–Trinajstić information content (AvgIpc) is 2.76. The normalized spacial score (nSPS) is 10.6. The summed E-state index contributed by atoms with van der Waals surface area (Å²) in [7, 11) is 0. The van der Waals surface area contributed by atoms with Gasteiger partial charge in [-0.3, -0.25) is 0 Å². The molecule has 0 aliphatic rings. The van der Waals surface area contributed by atoms with E-state index in [-0.39, 0.29) is 0 Å². The summed E-state index contributed by atoms with van der Waals surface area (Å²) in [6, 6.07) is 8.49. The van der Waals surface area contributed by atoms with Gasteiger partial charge < -0.3 is 0 Å². The van der Waals surface area contributed by atoms with E-state index in [0.717, 1.165) is 23.5 Å². The Hall–Kier alpha value is -0.860. The molecule has 0 atom stereocenters. The number of aryl methyl sites for hydroxylation is 2. The van der Waals surface area contributed by atoms with Crippen molar-refractivity contribution in [3.8, 4) is 10.6 Å². The fourth-order valence-corrected chi connectivity index (χ4v) is 2.49. The van der Waals surface area contributed by atoms with Gasteiger partial charge in [0.1, 0.15) is 5.01 Å². The monoisotopic (exact) mass is 251 g/mol. The van der Waals surface area contributed by atoms with Gasteiger partial charge >= 0.3 is 0 Å². The zero-order chi connectivity index (χ0) is 11.4. The Bertz CT molecular complexity index is 447. The highest BCUT2D eigenvalue weighted by atomic mass is 35.5. The lowest BCUT2D eigenvalue weighted by Gasteiger charge is -1.96. The maximum atomic E-state index is 5.67. The molecule has 0 amide bonds. The molecule has 0 aliphatic heterocycles. The number of rotatable bonds is 4. The van der Waals surface area contributed by atoms with Crippen LogP contribution >= 0.6 is 22.9 Å². The minimum absolute atomic E-state index is 0.706. The number of halogens is 1. The van der Waals surface area contributed by atoms with Crippen LogP contribution in [-0.2, 0) is 6.42 Å². The first kappa shape index (κ1) is 11.6. The second kappa shape index (κ2) is 5.46. The van der Waals surface area contributed by atoms with Crippen molar-refractivity contribution >= 4 is 22.9 Å². The highest BCUT2D eigenvalue weighted by molar-refractivity contribution is 7.13. The van der Waals surface area contributed by atoms with Gasteiger partial charge in [-0.25, -0.2) is 4.98 Å². The van der Waals surface area contributed by atoms with E-state index >= 15 is 0 Å². The molecule has 0 aliphatic carbocycles. The first-order valence-electron chi connectivity index (χ1n) is 5.37. The van der Waals surface area contributed by atoms with Crippen LogP contribution in [-0.4, -0.2) is 10.9 Å². The van der Waals surface area contributed by atoms with Gasteiger partial charge in [0.05, 0.1) is 5.69 Å². The molecule has 0 saturated carbocycles. The fraction of sp³-hybridized carbons (Fsp3) is 0.308. The Labute approximate surface area is 105 Å². The van der Waals surface area contributed by atoms with Gasteiger partial charge in [0.15, 0.2) is 0 Å². The standard InChI is InChI=1S/C13H14ClNS/c1-10-4-6-11(7-5-10)13-15-12(9-16-13)3-2-8-14/h4-7,9H,2-3,8H2,1H3. The smallest absolute Gasteiger partial charge is 0.123 e. The third-order valence-electron chi connectivity index (χ3n) is 2.42. The molecule has 1 nitrogen and oxygen atoms in total. The molecule has 2 aromatic rings. The second-order valence-corrected chi connectivity index (χ2v) is 5.04. The number of hydrogen-bond donors (Lipinski definition) is 0. The Balaban J connectivity index is 2.15. The molecule has 84 valence electrons. The first-order chi connectivity index (χ1) is 7.79. The number of aromatic nitrogens is 1. The van der Waals surface area contributed by atoms with E-state index in [0.29, 0.717) is 5.88 Å². The fourth-order valence-electron chi connectivity index (χ4n) is 1.50. The Kier molecular flexibility index (Phi) is 3.97. The minimum Gasteiger partial charge on any atom is -0.241 e. The van der Waals surface area contributed by atoms with Gasteiger partial charge in [-0.15, -0.1) is 22.9 Å². The van der Waals surface area contributed by atoms with Crippen molar-refractivity contribution in [1.29, 1.82) is 0 Å². The SMILES string of the molecule is Cc1ccc(-c2nc(CCCCl)cs2)cc1. The van der Waals surface area contributed by atoms with Crippen LogP contribution < -0.4 is 0 Å². The summed E-state index contributed by atoms with van der Waals surface area (Å²) < 4.78 is 0. The van der Waals surface area contributed by atoms with Crippen molar-refractivity contribution in [2.45, 2.75) is 19.8 Å². The summed E-state index contributed by atoms with van der Waals surface area (Å²) in [4.78, 5) is 4.61. The lowest BCUT2D eigenvalue weighted by molar-refractivity contribution is 0.900. The maximum absolute atomic E-state index is 5.67. The molecular weight excluding hydrogens is 238 g/mol. The van der Waals surface area contributed by atoms with Gasteiger partial charge in [0, 0.05) is 16.8 Å². The van der Waals surface area contributed by atoms with E-state index in [9.17, 15) is 0 Å². The Morgan fingerprint density at radius 1 is 1.25 bits per heavy atom. The third-order valence-corrected chi connectivity index (χ3v) is 3.62. The van der Waals surface area contributed by atoms with Crippen molar-refractivity contribution in [3.63, 3.8) is 0 Å². The van der Waals surface area contributed by atoms with Gasteiger partial charge in [0.25, 0.3) is 0 Å². The summed E-state index contributed by atoms with van der Waals surface area (Å²) in [5.41, 5.74) is 3.64. The molecule has 1 aromatic carbocycles. The molecule has 16 heavy (non-hydrogen) atoms. The van der Waals surface area contributed by atoms with Crippen molar-refractivity contribution in [2.75, 3.05) is 5.88 Å². The summed E-state index contributed by atoms with van der Waals surface area (Å²) in [5.74, 6) is 0.706. The van der Waals surface area contributed by atoms with E-state index in [1.165, 1.54) is 11.1 Å². The predicted octanol–water partition coefficient (Wildman–Crippen LogP) is 4.29. The molecule has 0 N–H and O–H groups in total. The van der Waals surface area contributed by atoms with Crippen molar-refractivity contribution < 1.29 is 0 Å². The van der Waals surface area contributed by atoms with Gasteiger partial charge in [0.2, 0.25) is 0 Å². The summed E-state index contributed by atoms with van der Waals surface area (Å²) in [6.07, 6.45) is 1.98. The van der Waals surface area contributed by atoms with Crippen LogP contribution in [0.1, 0.15) is 17.7 Å². The summed E-state index contributed by atoms with van der Waals surface area (Å²) >= 11 is 7.37. The maximum Gasteiger partial charge on any atom is 0.123 e. The molecule has 3 heteroatoms. The van der Waals surface area contributed by atoms with E-state index in [1.54, 1.807) is 11.3 Å². The number of hydrogen-bond acceptors (Lipinski definition) is 2. The molecule has 0 saturated heterocycles. The molecule has 0 bridgehead atoms. The van der Waals surface area contributed by atoms with Gasteiger partial charge in [-0.05, 0) is 19.8 Å². The molecule has 1 heterocycles. The molecule has 0 unspecified atom stereocenters. The zero-order valence-electron chi connectivity index (χ0n) is 9.24. The van der Waals surface area contributed by atoms with E-state index < -0.39 is 0 Å². The van der Waals surface area contributed by atoms with Gasteiger partial charge in [-0.2, -0.15) is 0 Å². The lowest BCUT2D eigenvalue weighted by atomic mass is 10.2. The van der Waals surface area contributed by atoms with Crippen LogP contribution in [0.3, 0.4) is 0 Å². The van der Waals surface area contributed by atoms with Crippen molar-refractivity contribution in [3.05, 3.63) is 40.9 Å². The number of thiazole rings is 1. The Morgan fingerprint density at radius 3 is 2.69 bits per heavy atom. The van der Waals surface area contributed by atoms with E-state index in [2.05, 4.69) is 41.6 Å². The summed E-state index contributed by atoms with van der Waals surface area (Å²) in [5, 5.41) is 3.23. The Morgan fingerprint density at radius 2 is 2.00 bits per heavy atom. The number of benzene rings is 1. The van der Waals surface area contributed by atoms with E-state index in [4.69, 9.17) is 11.6 Å². The molecular formula is C13H14ClNS. The van der Waals surface area contributed by atoms with Gasteiger partial charge in [-0.1, -0.05) is 29.8 Å². The third kappa shape index (κ3) is 2.83.